The third-order valence-electron chi connectivity index (χ3n) is 12.4. The molecule has 4 aliphatic heterocycles. The molecule has 6 aliphatic rings. The maximum atomic E-state index is 17.1. The Kier molecular flexibility index (Phi) is 6.47. The molecule has 12 heteroatoms. The first-order valence-corrected chi connectivity index (χ1v) is 17.7. The van der Waals surface area contributed by atoms with Crippen molar-refractivity contribution < 1.29 is 28.5 Å². The monoisotopic (exact) mass is 670 g/mol. The van der Waals surface area contributed by atoms with E-state index in [0.717, 1.165) is 51.7 Å². The second kappa shape index (κ2) is 10.6. The fourth-order valence-corrected chi connectivity index (χ4v) is 9.48. The number of piperazine rings is 1. The Morgan fingerprint density at radius 1 is 1.10 bits per heavy atom. The standard InChI is InChI=1S/C37H40F2N6O4/c1-2-23-25(38)5-3-19-9-22(47)10-24(28(19)23)31-30(39)32-29-33(45-13-21-4-6-26(40-21)27(45)14-48-34(29)41-31)43-35(42-32)49-18-36(7-8-36)15-44-12-20-11-37(20,16-44)17-46/h3,5,9-10,20-21,26-27,40,46-47H,2,4,6-8,11-18H2,1H3. The maximum Gasteiger partial charge on any atom is 0.319 e. The van der Waals surface area contributed by atoms with Crippen molar-refractivity contribution in [2.24, 2.45) is 16.7 Å². The van der Waals surface area contributed by atoms with Crippen LogP contribution >= 0.6 is 0 Å². The summed E-state index contributed by atoms with van der Waals surface area (Å²) in [6.45, 7) is 6.38. The van der Waals surface area contributed by atoms with Crippen LogP contribution < -0.4 is 19.7 Å². The number of ether oxygens (including phenoxy) is 2. The number of pyridine rings is 1. The zero-order valence-corrected chi connectivity index (χ0v) is 27.5. The lowest BCUT2D eigenvalue weighted by atomic mass is 9.94. The van der Waals surface area contributed by atoms with Gasteiger partial charge in [-0.05, 0) is 79.0 Å². The van der Waals surface area contributed by atoms with Gasteiger partial charge >= 0.3 is 6.01 Å². The summed E-state index contributed by atoms with van der Waals surface area (Å²) in [5.74, 6) is 0.192. The summed E-state index contributed by atoms with van der Waals surface area (Å²) in [5, 5.41) is 25.8. The van der Waals surface area contributed by atoms with Gasteiger partial charge in [0.25, 0.3) is 0 Å². The molecular weight excluding hydrogens is 630 g/mol. The maximum absolute atomic E-state index is 17.1. The van der Waals surface area contributed by atoms with Crippen LogP contribution in [-0.2, 0) is 6.42 Å². The smallest absolute Gasteiger partial charge is 0.319 e. The summed E-state index contributed by atoms with van der Waals surface area (Å²) in [6.07, 6.45) is 5.61. The molecule has 3 saturated heterocycles. The van der Waals surface area contributed by atoms with Gasteiger partial charge in [0.1, 0.15) is 40.6 Å². The molecule has 256 valence electrons. The number of fused-ring (bicyclic) bond motifs is 7. The number of aromatic hydroxyl groups is 1. The van der Waals surface area contributed by atoms with E-state index in [1.54, 1.807) is 12.1 Å². The number of anilines is 1. The summed E-state index contributed by atoms with van der Waals surface area (Å²) in [6, 6.07) is 6.51. The lowest BCUT2D eigenvalue weighted by Crippen LogP contribution is -2.60. The highest BCUT2D eigenvalue weighted by Gasteiger charge is 2.60. The van der Waals surface area contributed by atoms with Gasteiger partial charge in [0.05, 0.1) is 19.3 Å². The van der Waals surface area contributed by atoms with E-state index in [1.807, 2.05) is 6.92 Å². The molecule has 3 N–H and O–H groups in total. The number of phenolic OH excluding ortho intramolecular Hbond substituents is 1. The lowest BCUT2D eigenvalue weighted by Gasteiger charge is -2.40. The van der Waals surface area contributed by atoms with Crippen molar-refractivity contribution in [3.63, 3.8) is 0 Å². The number of benzene rings is 2. The molecule has 5 atom stereocenters. The second-order valence-electron chi connectivity index (χ2n) is 15.6. The Morgan fingerprint density at radius 3 is 2.78 bits per heavy atom. The van der Waals surface area contributed by atoms with Gasteiger partial charge in [-0.25, -0.2) is 13.8 Å². The van der Waals surface area contributed by atoms with Gasteiger partial charge in [-0.3, -0.25) is 0 Å². The van der Waals surface area contributed by atoms with E-state index in [2.05, 4.69) is 15.1 Å². The fraction of sp³-hybridized carbons (Fsp3) is 0.541. The molecule has 2 aliphatic carbocycles. The Balaban J connectivity index is 1.08. The topological polar surface area (TPSA) is 116 Å². The summed E-state index contributed by atoms with van der Waals surface area (Å²) < 4.78 is 45.1. The number of likely N-dealkylation sites (tertiary alicyclic amines) is 1. The Bertz CT molecular complexity index is 2040. The molecule has 2 saturated carbocycles. The molecule has 0 radical (unpaired) electrons. The minimum absolute atomic E-state index is 0.0200. The van der Waals surface area contributed by atoms with E-state index < -0.39 is 11.6 Å². The highest BCUT2D eigenvalue weighted by atomic mass is 19.1. The second-order valence-corrected chi connectivity index (χ2v) is 15.6. The number of halogens is 2. The van der Waals surface area contributed by atoms with Gasteiger partial charge in [0.2, 0.25) is 5.88 Å². The van der Waals surface area contributed by atoms with Crippen molar-refractivity contribution in [2.75, 3.05) is 50.9 Å². The third-order valence-corrected chi connectivity index (χ3v) is 12.4. The first-order valence-electron chi connectivity index (χ1n) is 17.7. The van der Waals surface area contributed by atoms with Crippen LogP contribution in [0, 0.1) is 28.4 Å². The molecule has 10 rings (SSSR count). The third kappa shape index (κ3) is 4.63. The molecule has 0 spiro atoms. The van der Waals surface area contributed by atoms with Crippen LogP contribution in [-0.4, -0.2) is 94.2 Å². The van der Waals surface area contributed by atoms with Crippen LogP contribution in [0.25, 0.3) is 32.9 Å². The molecule has 2 bridgehead atoms. The summed E-state index contributed by atoms with van der Waals surface area (Å²) in [5.41, 5.74) is 0.731. The fourth-order valence-electron chi connectivity index (χ4n) is 9.48. The normalized spacial score (nSPS) is 29.1. The number of aliphatic hydroxyl groups is 1. The molecular formula is C37H40F2N6O4. The average Bonchev–Trinajstić information content (AvgIpc) is 3.95. The molecule has 2 aromatic heterocycles. The largest absolute Gasteiger partial charge is 0.508 e. The molecule has 49 heavy (non-hydrogen) atoms. The summed E-state index contributed by atoms with van der Waals surface area (Å²) >= 11 is 0. The zero-order chi connectivity index (χ0) is 33.2. The van der Waals surface area contributed by atoms with E-state index in [-0.39, 0.29) is 63.9 Å². The lowest BCUT2D eigenvalue weighted by molar-refractivity contribution is 0.143. The van der Waals surface area contributed by atoms with Crippen molar-refractivity contribution in [3.8, 4) is 28.9 Å². The van der Waals surface area contributed by atoms with Gasteiger partial charge in [0.15, 0.2) is 5.82 Å². The average molecular weight is 671 g/mol. The van der Waals surface area contributed by atoms with E-state index in [0.29, 0.717) is 65.7 Å². The minimum atomic E-state index is -0.697. The molecule has 0 amide bonds. The number of nitrogens with zero attached hydrogens (tertiary/aromatic N) is 5. The van der Waals surface area contributed by atoms with Crippen molar-refractivity contribution >= 4 is 27.5 Å². The van der Waals surface area contributed by atoms with E-state index >= 15 is 8.78 Å². The van der Waals surface area contributed by atoms with Gasteiger partial charge in [-0.2, -0.15) is 9.97 Å². The Hall–Kier alpha value is -3.87. The van der Waals surface area contributed by atoms with E-state index in [4.69, 9.17) is 24.4 Å². The van der Waals surface area contributed by atoms with E-state index in [9.17, 15) is 10.2 Å². The van der Waals surface area contributed by atoms with Gasteiger partial charge in [0, 0.05) is 54.7 Å². The predicted octanol–water partition coefficient (Wildman–Crippen LogP) is 4.57. The Labute approximate surface area is 282 Å². The van der Waals surface area contributed by atoms with Crippen molar-refractivity contribution in [1.82, 2.24) is 25.2 Å². The van der Waals surface area contributed by atoms with Crippen LogP contribution in [0.15, 0.2) is 24.3 Å². The van der Waals surface area contributed by atoms with Crippen LogP contribution in [0.3, 0.4) is 0 Å². The SMILES string of the molecule is CCc1c(F)ccc2cc(O)cc(-c3nc4c5c(nc(OCC6(CN7CC8CC8(CO)C7)CC6)nc5c3F)N3CC5CCC(N5)C3CO4)c12. The highest BCUT2D eigenvalue weighted by Crippen LogP contribution is 2.59. The molecule has 6 heterocycles. The molecule has 5 fully saturated rings. The highest BCUT2D eigenvalue weighted by molar-refractivity contribution is 6.03. The van der Waals surface area contributed by atoms with E-state index in [1.165, 1.54) is 12.1 Å². The summed E-state index contributed by atoms with van der Waals surface area (Å²) in [4.78, 5) is 19.1. The number of piperidine rings is 1. The number of hydrogen-bond donors (Lipinski definition) is 3. The minimum Gasteiger partial charge on any atom is -0.508 e. The number of aromatic nitrogens is 3. The molecule has 5 unspecified atom stereocenters. The number of nitrogens with one attached hydrogen (secondary N) is 1. The van der Waals surface area contributed by atoms with Crippen LogP contribution in [0.5, 0.6) is 17.6 Å². The number of aliphatic hydroxyl groups excluding tert-OH is 1. The van der Waals surface area contributed by atoms with Gasteiger partial charge < -0.3 is 34.8 Å². The number of phenols is 1. The molecule has 10 nitrogen and oxygen atoms in total. The quantitative estimate of drug-likeness (QED) is 0.246. The first kappa shape index (κ1) is 30.0. The van der Waals surface area contributed by atoms with Gasteiger partial charge in [-0.1, -0.05) is 13.0 Å². The molecule has 4 aromatic rings. The van der Waals surface area contributed by atoms with Crippen molar-refractivity contribution in [1.29, 1.82) is 0 Å². The van der Waals surface area contributed by atoms with Crippen molar-refractivity contribution in [2.45, 2.75) is 63.6 Å². The number of rotatable bonds is 8. The number of hydrogen-bond acceptors (Lipinski definition) is 10. The van der Waals surface area contributed by atoms with Crippen LogP contribution in [0.4, 0.5) is 14.6 Å². The Morgan fingerprint density at radius 2 is 1.98 bits per heavy atom. The van der Waals surface area contributed by atoms with Crippen molar-refractivity contribution in [3.05, 3.63) is 41.5 Å². The first-order chi connectivity index (χ1) is 23.8. The van der Waals surface area contributed by atoms with Crippen LogP contribution in [0.1, 0.15) is 44.6 Å². The predicted molar refractivity (Wildman–Crippen MR) is 179 cm³/mol. The zero-order valence-electron chi connectivity index (χ0n) is 27.5. The van der Waals surface area contributed by atoms with Gasteiger partial charge in [-0.15, -0.1) is 0 Å². The summed E-state index contributed by atoms with van der Waals surface area (Å²) in [7, 11) is 0. The number of aryl methyl sites for hydroxylation is 1. The van der Waals surface area contributed by atoms with Crippen LogP contribution in [0.2, 0.25) is 0 Å². The molecule has 2 aromatic carbocycles.